The van der Waals surface area contributed by atoms with Crippen LogP contribution in [0.4, 0.5) is 0 Å². The Morgan fingerprint density at radius 1 is 1.38 bits per heavy atom. The minimum Gasteiger partial charge on any atom is -0.497 e. The Hall–Kier alpha value is -1.71. The minimum absolute atomic E-state index is 0.0404. The smallest absolute Gasteiger partial charge is 0.225 e. The highest BCUT2D eigenvalue weighted by atomic mass is 16.5. The summed E-state index contributed by atoms with van der Waals surface area (Å²) in [5.74, 6) is 1.59. The van der Waals surface area contributed by atoms with Crippen LogP contribution in [0.2, 0.25) is 0 Å². The van der Waals surface area contributed by atoms with Crippen molar-refractivity contribution in [2.24, 2.45) is 5.41 Å². The topological polar surface area (TPSA) is 47.6 Å². The van der Waals surface area contributed by atoms with E-state index in [4.69, 9.17) is 9.47 Å². The van der Waals surface area contributed by atoms with Crippen molar-refractivity contribution in [3.63, 3.8) is 0 Å². The maximum absolute atomic E-state index is 12.3. The van der Waals surface area contributed by atoms with Crippen LogP contribution in [-0.2, 0) is 4.79 Å². The van der Waals surface area contributed by atoms with E-state index in [1.165, 1.54) is 0 Å². The van der Waals surface area contributed by atoms with Crippen LogP contribution >= 0.6 is 0 Å². The molecule has 1 aromatic rings. The second-order valence-electron chi connectivity index (χ2n) is 7.25. The van der Waals surface area contributed by atoms with E-state index in [0.29, 0.717) is 0 Å². The van der Waals surface area contributed by atoms with E-state index in [-0.39, 0.29) is 17.6 Å². The number of rotatable bonds is 2. The standard InChI is InChI=1S/C17H25NO3/c1-16(2,3)15(19)18-13-10-17(4,5)21-14-9-11(20-6)7-8-12(13)14/h7-9,13H,10H2,1-6H3,(H,18,19)/t13-/m1/s1. The SMILES string of the molecule is COc1ccc2c(c1)OC(C)(C)C[C@H]2NC(=O)C(C)(C)C. The first-order valence-electron chi connectivity index (χ1n) is 7.30. The van der Waals surface area contributed by atoms with Gasteiger partial charge in [0.15, 0.2) is 0 Å². The Balaban J connectivity index is 2.33. The maximum Gasteiger partial charge on any atom is 0.225 e. The van der Waals surface area contributed by atoms with Gasteiger partial charge in [0.1, 0.15) is 17.1 Å². The van der Waals surface area contributed by atoms with Crippen LogP contribution in [0.1, 0.15) is 52.6 Å². The zero-order chi connectivity index (χ0) is 15.8. The predicted octanol–water partition coefficient (Wildman–Crippen LogP) is 3.46. The minimum atomic E-state index is -0.408. The summed E-state index contributed by atoms with van der Waals surface area (Å²) in [5, 5.41) is 3.15. The molecule has 0 saturated carbocycles. The number of ether oxygens (including phenoxy) is 2. The molecule has 0 bridgehead atoms. The molecule has 4 nitrogen and oxygen atoms in total. The lowest BCUT2D eigenvalue weighted by Crippen LogP contribution is -2.44. The third-order valence-corrected chi connectivity index (χ3v) is 3.66. The van der Waals surface area contributed by atoms with Gasteiger partial charge in [0.05, 0.1) is 13.2 Å². The molecule has 1 aliphatic rings. The van der Waals surface area contributed by atoms with Crippen molar-refractivity contribution < 1.29 is 14.3 Å². The number of carbonyl (C=O) groups is 1. The first-order chi connectivity index (χ1) is 9.62. The third-order valence-electron chi connectivity index (χ3n) is 3.66. The lowest BCUT2D eigenvalue weighted by Gasteiger charge is -2.38. The fourth-order valence-electron chi connectivity index (χ4n) is 2.46. The second-order valence-corrected chi connectivity index (χ2v) is 7.25. The van der Waals surface area contributed by atoms with E-state index in [2.05, 4.69) is 5.32 Å². The molecule has 0 unspecified atom stereocenters. The molecule has 1 aliphatic heterocycles. The number of fused-ring (bicyclic) bond motifs is 1. The van der Waals surface area contributed by atoms with E-state index >= 15 is 0 Å². The van der Waals surface area contributed by atoms with Gasteiger partial charge in [-0.2, -0.15) is 0 Å². The van der Waals surface area contributed by atoms with Crippen molar-refractivity contribution in [1.29, 1.82) is 0 Å². The molecule has 0 radical (unpaired) electrons. The van der Waals surface area contributed by atoms with Crippen LogP contribution in [-0.4, -0.2) is 18.6 Å². The number of methoxy groups -OCH3 is 1. The highest BCUT2D eigenvalue weighted by Gasteiger charge is 2.36. The maximum atomic E-state index is 12.3. The molecular formula is C17H25NO3. The van der Waals surface area contributed by atoms with Gasteiger partial charge < -0.3 is 14.8 Å². The van der Waals surface area contributed by atoms with Gasteiger partial charge in [-0.1, -0.05) is 20.8 Å². The summed E-state index contributed by atoms with van der Waals surface area (Å²) in [6.45, 7) is 9.82. The molecule has 1 N–H and O–H groups in total. The molecule has 0 fully saturated rings. The quantitative estimate of drug-likeness (QED) is 0.907. The molecule has 4 heteroatoms. The average Bonchev–Trinajstić information content (AvgIpc) is 2.35. The molecule has 0 aromatic heterocycles. The first-order valence-corrected chi connectivity index (χ1v) is 7.30. The van der Waals surface area contributed by atoms with Gasteiger partial charge in [-0.15, -0.1) is 0 Å². The highest BCUT2D eigenvalue weighted by Crippen LogP contribution is 2.41. The van der Waals surface area contributed by atoms with Crippen molar-refractivity contribution in [1.82, 2.24) is 5.32 Å². The molecule has 0 spiro atoms. The van der Waals surface area contributed by atoms with E-state index in [9.17, 15) is 4.79 Å². The monoisotopic (exact) mass is 291 g/mol. The molecule has 1 aromatic carbocycles. The Labute approximate surface area is 126 Å². The summed E-state index contributed by atoms with van der Waals surface area (Å²) in [6.07, 6.45) is 0.744. The molecular weight excluding hydrogens is 266 g/mol. The molecule has 2 rings (SSSR count). The summed E-state index contributed by atoms with van der Waals surface area (Å²) < 4.78 is 11.3. The van der Waals surface area contributed by atoms with Gasteiger partial charge in [-0.3, -0.25) is 4.79 Å². The second kappa shape index (κ2) is 5.24. The first kappa shape index (κ1) is 15.7. The third kappa shape index (κ3) is 3.49. The van der Waals surface area contributed by atoms with Gasteiger partial charge in [0.2, 0.25) is 5.91 Å². The number of hydrogen-bond acceptors (Lipinski definition) is 3. The molecule has 0 aliphatic carbocycles. The van der Waals surface area contributed by atoms with E-state index in [1.807, 2.05) is 52.8 Å². The van der Waals surface area contributed by atoms with Crippen molar-refractivity contribution in [2.45, 2.75) is 52.7 Å². The lowest BCUT2D eigenvalue weighted by atomic mass is 9.88. The van der Waals surface area contributed by atoms with Crippen molar-refractivity contribution in [3.05, 3.63) is 23.8 Å². The fourth-order valence-corrected chi connectivity index (χ4v) is 2.46. The van der Waals surface area contributed by atoms with Crippen LogP contribution in [0.25, 0.3) is 0 Å². The molecule has 1 amide bonds. The van der Waals surface area contributed by atoms with Crippen LogP contribution in [0, 0.1) is 5.41 Å². The number of amides is 1. The van der Waals surface area contributed by atoms with Gasteiger partial charge in [0.25, 0.3) is 0 Å². The average molecular weight is 291 g/mol. The Morgan fingerprint density at radius 3 is 2.62 bits per heavy atom. The van der Waals surface area contributed by atoms with Crippen LogP contribution < -0.4 is 14.8 Å². The molecule has 1 heterocycles. The number of carbonyl (C=O) groups excluding carboxylic acids is 1. The summed E-state index contributed by atoms with van der Waals surface area (Å²) in [4.78, 5) is 12.3. The number of benzene rings is 1. The zero-order valence-electron chi connectivity index (χ0n) is 13.7. The van der Waals surface area contributed by atoms with Crippen molar-refractivity contribution in [3.8, 4) is 11.5 Å². The number of nitrogens with one attached hydrogen (secondary N) is 1. The molecule has 21 heavy (non-hydrogen) atoms. The largest absolute Gasteiger partial charge is 0.497 e. The van der Waals surface area contributed by atoms with Crippen LogP contribution in [0.3, 0.4) is 0 Å². The Kier molecular flexibility index (Phi) is 3.91. The lowest BCUT2D eigenvalue weighted by molar-refractivity contribution is -0.129. The zero-order valence-corrected chi connectivity index (χ0v) is 13.7. The number of hydrogen-bond donors (Lipinski definition) is 1. The Morgan fingerprint density at radius 2 is 2.05 bits per heavy atom. The van der Waals surface area contributed by atoms with Crippen molar-refractivity contribution >= 4 is 5.91 Å². The van der Waals surface area contributed by atoms with Gasteiger partial charge in [0, 0.05) is 23.5 Å². The van der Waals surface area contributed by atoms with Crippen molar-refractivity contribution in [2.75, 3.05) is 7.11 Å². The Bertz CT molecular complexity index is 543. The summed E-state index contributed by atoms with van der Waals surface area (Å²) in [7, 11) is 1.63. The van der Waals surface area contributed by atoms with Gasteiger partial charge >= 0.3 is 0 Å². The van der Waals surface area contributed by atoms with E-state index in [0.717, 1.165) is 23.5 Å². The van der Waals surface area contributed by atoms with Crippen LogP contribution in [0.5, 0.6) is 11.5 Å². The molecule has 116 valence electrons. The summed E-state index contributed by atoms with van der Waals surface area (Å²) in [6, 6.07) is 5.71. The summed E-state index contributed by atoms with van der Waals surface area (Å²) >= 11 is 0. The van der Waals surface area contributed by atoms with Gasteiger partial charge in [-0.05, 0) is 26.0 Å². The van der Waals surface area contributed by atoms with Gasteiger partial charge in [-0.25, -0.2) is 0 Å². The normalized spacial score (nSPS) is 20.2. The van der Waals surface area contributed by atoms with E-state index in [1.54, 1.807) is 7.11 Å². The summed E-state index contributed by atoms with van der Waals surface area (Å²) in [5.41, 5.74) is 0.275. The fraction of sp³-hybridized carbons (Fsp3) is 0.588. The van der Waals surface area contributed by atoms with Crippen LogP contribution in [0.15, 0.2) is 18.2 Å². The molecule has 0 saturated heterocycles. The predicted molar refractivity (Wildman–Crippen MR) is 82.7 cm³/mol. The molecule has 1 atom stereocenters. The van der Waals surface area contributed by atoms with E-state index < -0.39 is 5.41 Å². The highest BCUT2D eigenvalue weighted by molar-refractivity contribution is 5.82.